The van der Waals surface area contributed by atoms with Gasteiger partial charge in [-0.2, -0.15) is 8.12 Å². The van der Waals surface area contributed by atoms with Crippen LogP contribution in [-0.4, -0.2) is 78.9 Å². The highest BCUT2D eigenvalue weighted by Crippen LogP contribution is 2.27. The van der Waals surface area contributed by atoms with E-state index in [1.54, 1.807) is 22.3 Å². The van der Waals surface area contributed by atoms with Crippen molar-refractivity contribution in [2.24, 2.45) is 0 Å². The standard InChI is InChI=1S/2C14H25Si2.C8H18Si2.2Al/c2*1-15(2,3)11-13-8-7-9-14(10-13)12-16(4,5)6;1-9(2,3)7-8-10(4,5)6;;/h2*7-9H,11-12H2,1-6H3;1-6H3;;. The molecule has 0 saturated carbocycles. The lowest BCUT2D eigenvalue weighted by atomic mass is 10.1. The molecule has 0 aliphatic heterocycles. The Hall–Kier alpha value is 0.546. The maximum absolute atomic E-state index is 2.69. The summed E-state index contributed by atoms with van der Waals surface area (Å²) >= 11 is 0.280. The highest BCUT2D eigenvalue weighted by atomic mass is 28.3. The van der Waals surface area contributed by atoms with E-state index in [1.165, 1.54) is 24.2 Å². The van der Waals surface area contributed by atoms with Gasteiger partial charge in [0.25, 0.3) is 30.4 Å². The molecule has 44 heavy (non-hydrogen) atoms. The van der Waals surface area contributed by atoms with E-state index in [4.69, 9.17) is 0 Å². The van der Waals surface area contributed by atoms with Crippen molar-refractivity contribution in [3.63, 3.8) is 0 Å². The third-order valence-corrected chi connectivity index (χ3v) is 28.0. The molecule has 242 valence electrons. The van der Waals surface area contributed by atoms with Gasteiger partial charge in [-0.15, -0.1) is 8.85 Å². The molecule has 0 aromatic heterocycles. The Kier molecular flexibility index (Phi) is 13.9. The topological polar surface area (TPSA) is 0 Å². The summed E-state index contributed by atoms with van der Waals surface area (Å²) < 4.78 is 7.66. The zero-order valence-electron chi connectivity index (χ0n) is 32.4. The fourth-order valence-corrected chi connectivity index (χ4v) is 27.1. The third kappa shape index (κ3) is 14.0. The Morgan fingerprint density at radius 2 is 0.591 bits per heavy atom. The van der Waals surface area contributed by atoms with Crippen molar-refractivity contribution in [2.45, 2.75) is 142 Å². The Labute approximate surface area is 294 Å². The van der Waals surface area contributed by atoms with E-state index in [-0.39, 0.29) is 30.4 Å². The van der Waals surface area contributed by atoms with E-state index < -0.39 is 48.4 Å². The highest BCUT2D eigenvalue weighted by molar-refractivity contribution is 7.05. The average Bonchev–Trinajstić information content (AvgIpc) is 2.73. The fourth-order valence-electron chi connectivity index (χ4n) is 6.29. The van der Waals surface area contributed by atoms with E-state index >= 15 is 0 Å². The van der Waals surface area contributed by atoms with Crippen LogP contribution in [-0.2, 0) is 24.2 Å². The van der Waals surface area contributed by atoms with E-state index in [2.05, 4.69) is 154 Å². The van der Waals surface area contributed by atoms with E-state index in [0.717, 1.165) is 0 Å². The molecule has 0 fully saturated rings. The van der Waals surface area contributed by atoms with Crippen LogP contribution < -0.4 is 8.85 Å². The first-order valence-electron chi connectivity index (χ1n) is 17.2. The summed E-state index contributed by atoms with van der Waals surface area (Å²) in [6.07, 6.45) is 0. The summed E-state index contributed by atoms with van der Waals surface area (Å²) in [6, 6.07) is 20.2. The SMILES string of the molecule is C[Si](C)(C)Cc1cccc(C[Si](C)(C)C)[c]1[Al]/[C](=[C](\[Al][c]1c(C[Si](C)(C)C)cccc1C[Si](C)(C)C)[Si](C)(C)C)[Si](C)(C)C. The number of benzene rings is 2. The quantitative estimate of drug-likeness (QED) is 0.171. The molecule has 0 atom stereocenters. The first-order valence-corrected chi connectivity index (χ1v) is 41.4. The van der Waals surface area contributed by atoms with Gasteiger partial charge >= 0.3 is 0 Å². The summed E-state index contributed by atoms with van der Waals surface area (Å²) in [5.41, 5.74) is 6.87. The smallest absolute Gasteiger partial charge is 0.164 e. The summed E-state index contributed by atoms with van der Waals surface area (Å²) in [5, 5.41) is 0. The second kappa shape index (κ2) is 15.0. The highest BCUT2D eigenvalue weighted by Gasteiger charge is 2.34. The maximum atomic E-state index is 2.69. The molecule has 0 aliphatic rings. The van der Waals surface area contributed by atoms with Crippen LogP contribution in [0.25, 0.3) is 0 Å². The number of rotatable bonds is 14. The van der Waals surface area contributed by atoms with E-state index in [9.17, 15) is 0 Å². The number of hydrogen-bond donors (Lipinski definition) is 0. The molecule has 0 nitrogen and oxygen atoms in total. The minimum Gasteiger partial charge on any atom is -0.164 e. The van der Waals surface area contributed by atoms with Crippen LogP contribution in [0, 0.1) is 0 Å². The lowest BCUT2D eigenvalue weighted by Gasteiger charge is -2.35. The van der Waals surface area contributed by atoms with Crippen LogP contribution in [0.5, 0.6) is 0 Å². The largest absolute Gasteiger partial charge is 0.283 e. The van der Waals surface area contributed by atoms with E-state index in [1.807, 2.05) is 17.0 Å². The lowest BCUT2D eigenvalue weighted by Crippen LogP contribution is -2.46. The molecular weight excluding hydrogens is 655 g/mol. The Balaban J connectivity index is 2.96. The monoisotopic (exact) mass is 722 g/mol. The van der Waals surface area contributed by atoms with Crippen molar-refractivity contribution >= 4 is 87.7 Å². The third-order valence-electron chi connectivity index (χ3n) is 7.94. The molecule has 0 aliphatic carbocycles. The molecule has 0 saturated heterocycles. The first-order chi connectivity index (χ1) is 19.6. The van der Waals surface area contributed by atoms with Gasteiger partial charge in [0.1, 0.15) is 0 Å². The van der Waals surface area contributed by atoms with Crippen molar-refractivity contribution in [3.05, 3.63) is 66.8 Å². The van der Waals surface area contributed by atoms with Crippen LogP contribution in [0.1, 0.15) is 22.3 Å². The molecule has 2 aromatic carbocycles. The van der Waals surface area contributed by atoms with Crippen LogP contribution >= 0.6 is 0 Å². The second-order valence-electron chi connectivity index (χ2n) is 20.5. The van der Waals surface area contributed by atoms with Crippen molar-refractivity contribution in [3.8, 4) is 0 Å². The van der Waals surface area contributed by atoms with Crippen molar-refractivity contribution < 1.29 is 0 Å². The van der Waals surface area contributed by atoms with Gasteiger partial charge < -0.3 is 0 Å². The van der Waals surface area contributed by atoms with Gasteiger partial charge in [0.2, 0.25) is 0 Å². The lowest BCUT2D eigenvalue weighted by molar-refractivity contribution is 1.27. The summed E-state index contributed by atoms with van der Waals surface area (Å²) in [5.74, 6) is 0. The van der Waals surface area contributed by atoms with Gasteiger partial charge in [-0.3, -0.25) is 0 Å². The van der Waals surface area contributed by atoms with Crippen LogP contribution in [0.2, 0.25) is 118 Å². The predicted octanol–water partition coefficient (Wildman–Crippen LogP) is 9.69. The van der Waals surface area contributed by atoms with E-state index in [0.29, 0.717) is 0 Å². The normalized spacial score (nSPS) is 14.4. The summed E-state index contributed by atoms with van der Waals surface area (Å²) in [6.45, 7) is 46.9. The van der Waals surface area contributed by atoms with Gasteiger partial charge in [-0.1, -0.05) is 176 Å². The second-order valence-corrected chi connectivity index (χ2v) is 56.6. The van der Waals surface area contributed by atoms with Gasteiger partial charge in [-0.05, 0) is 24.2 Å². The van der Waals surface area contributed by atoms with Gasteiger partial charge in [0, 0.05) is 32.3 Å². The fraction of sp³-hybridized carbons (Fsp3) is 0.611. The zero-order chi connectivity index (χ0) is 34.1. The molecule has 2 rings (SSSR count). The molecule has 0 heterocycles. The summed E-state index contributed by atoms with van der Waals surface area (Å²) in [4.78, 5) is 0. The van der Waals surface area contributed by atoms with Crippen LogP contribution in [0.15, 0.2) is 44.5 Å². The van der Waals surface area contributed by atoms with Gasteiger partial charge in [0.15, 0.2) is 0 Å². The van der Waals surface area contributed by atoms with Gasteiger partial charge in [-0.25, -0.2) is 0 Å². The Bertz CT molecular complexity index is 1140. The molecule has 0 bridgehead atoms. The first kappa shape index (κ1) is 40.7. The molecular formula is C36H68Al2Si6. The minimum atomic E-state index is -1.58. The molecule has 8 heteroatoms. The molecule has 0 unspecified atom stereocenters. The molecule has 0 amide bonds. The Morgan fingerprint density at radius 3 is 0.750 bits per heavy atom. The zero-order valence-corrected chi connectivity index (χ0v) is 40.8. The molecule has 0 spiro atoms. The molecule has 0 N–H and O–H groups in total. The maximum Gasteiger partial charge on any atom is 0.283 e. The predicted molar refractivity (Wildman–Crippen MR) is 226 cm³/mol. The number of hydrogen-bond acceptors (Lipinski definition) is 0. The van der Waals surface area contributed by atoms with Crippen LogP contribution in [0.3, 0.4) is 0 Å². The van der Waals surface area contributed by atoms with Crippen LogP contribution in [0.4, 0.5) is 0 Å². The molecule has 2 aromatic rings. The van der Waals surface area contributed by atoms with Crippen molar-refractivity contribution in [1.82, 2.24) is 0 Å². The van der Waals surface area contributed by atoms with Gasteiger partial charge in [0.05, 0.1) is 16.1 Å². The summed E-state index contributed by atoms with van der Waals surface area (Å²) in [7, 11) is -8.16. The Morgan fingerprint density at radius 1 is 0.386 bits per heavy atom. The van der Waals surface area contributed by atoms with Crippen molar-refractivity contribution in [1.29, 1.82) is 0 Å². The minimum absolute atomic E-state index is 0.140. The molecule has 2 radical (unpaired) electrons. The average molecular weight is 723 g/mol. The van der Waals surface area contributed by atoms with Crippen molar-refractivity contribution in [2.75, 3.05) is 0 Å².